The van der Waals surface area contributed by atoms with Gasteiger partial charge in [-0.15, -0.1) is 0 Å². The first kappa shape index (κ1) is 29.4. The van der Waals surface area contributed by atoms with Crippen molar-refractivity contribution in [2.75, 3.05) is 40.3 Å². The maximum Gasteiger partial charge on any atom is 0.416 e. The molecule has 3 amide bonds. The van der Waals surface area contributed by atoms with Gasteiger partial charge in [0.05, 0.1) is 17.7 Å². The number of halogens is 3. The van der Waals surface area contributed by atoms with Gasteiger partial charge in [0, 0.05) is 57.9 Å². The van der Waals surface area contributed by atoms with Crippen LogP contribution in [0.5, 0.6) is 0 Å². The highest BCUT2D eigenvalue weighted by Gasteiger charge is 2.38. The largest absolute Gasteiger partial charge is 0.416 e. The second kappa shape index (κ2) is 12.0. The van der Waals surface area contributed by atoms with Crippen LogP contribution in [0.4, 0.5) is 18.0 Å². The standard InChI is InChI=1S/C31H39F3N4O3/c1-35(29(40)23-5-3-21(4-6-23)22-7-9-24(10-8-22)31(32,33)34)26-16-18-38(20-26)30(41)36(2)27-15-17-37(19-27)25-11-13-28(39)14-12-25/h3-10,25-28,39H,11-20H2,1-2H3/t25?,26-,27?,28?/m0/s1. The molecule has 222 valence electrons. The van der Waals surface area contributed by atoms with Gasteiger partial charge < -0.3 is 19.8 Å². The third-order valence-corrected chi connectivity index (χ3v) is 9.21. The number of amides is 3. The molecule has 0 radical (unpaired) electrons. The number of likely N-dealkylation sites (tertiary alicyclic amines) is 2. The summed E-state index contributed by atoms with van der Waals surface area (Å²) in [5.74, 6) is -0.152. The number of alkyl halides is 3. The molecule has 3 fully saturated rings. The quantitative estimate of drug-likeness (QED) is 0.551. The summed E-state index contributed by atoms with van der Waals surface area (Å²) in [7, 11) is 3.63. The van der Waals surface area contributed by atoms with E-state index in [9.17, 15) is 27.9 Å². The molecule has 2 aromatic carbocycles. The van der Waals surface area contributed by atoms with Crippen molar-refractivity contribution in [3.8, 4) is 11.1 Å². The van der Waals surface area contributed by atoms with Gasteiger partial charge >= 0.3 is 12.2 Å². The zero-order valence-corrected chi connectivity index (χ0v) is 23.7. The molecule has 5 rings (SSSR count). The summed E-state index contributed by atoms with van der Waals surface area (Å²) in [6, 6.07) is 12.4. The summed E-state index contributed by atoms with van der Waals surface area (Å²) in [5, 5.41) is 9.82. The van der Waals surface area contributed by atoms with Crippen LogP contribution in [-0.2, 0) is 6.18 Å². The molecule has 2 aliphatic heterocycles. The van der Waals surface area contributed by atoms with Crippen molar-refractivity contribution in [1.29, 1.82) is 0 Å². The SMILES string of the molecule is CN(C(=O)N1CC[C@H](N(C)C(=O)c2ccc(-c3ccc(C(F)(F)F)cc3)cc2)C1)C1CCN(C2CCC(O)CC2)C1. The van der Waals surface area contributed by atoms with Crippen molar-refractivity contribution in [3.05, 3.63) is 59.7 Å². The van der Waals surface area contributed by atoms with Crippen molar-refractivity contribution >= 4 is 11.9 Å². The van der Waals surface area contributed by atoms with Crippen LogP contribution < -0.4 is 0 Å². The van der Waals surface area contributed by atoms with Crippen LogP contribution in [-0.4, -0.2) is 101 Å². The number of carbonyl (C=O) groups excluding carboxylic acids is 2. The highest BCUT2D eigenvalue weighted by Crippen LogP contribution is 2.31. The minimum Gasteiger partial charge on any atom is -0.393 e. The number of benzene rings is 2. The molecule has 1 saturated carbocycles. The fourth-order valence-corrected chi connectivity index (χ4v) is 6.48. The number of nitrogens with zero attached hydrogens (tertiary/aromatic N) is 4. The molecule has 2 aromatic rings. The Bertz CT molecular complexity index is 1210. The predicted octanol–water partition coefficient (Wildman–Crippen LogP) is 4.95. The first-order chi connectivity index (χ1) is 19.5. The summed E-state index contributed by atoms with van der Waals surface area (Å²) in [5.41, 5.74) is 1.16. The minimum absolute atomic E-state index is 0.000148. The van der Waals surface area contributed by atoms with Crippen LogP contribution in [0.2, 0.25) is 0 Å². The second-order valence-electron chi connectivity index (χ2n) is 11.8. The van der Waals surface area contributed by atoms with Crippen LogP contribution in [0.1, 0.15) is 54.4 Å². The Morgan fingerprint density at radius 1 is 0.780 bits per heavy atom. The molecular weight excluding hydrogens is 533 g/mol. The number of hydrogen-bond acceptors (Lipinski definition) is 4. The summed E-state index contributed by atoms with van der Waals surface area (Å²) < 4.78 is 38.6. The summed E-state index contributed by atoms with van der Waals surface area (Å²) in [6.07, 6.45) is 0.819. The van der Waals surface area contributed by atoms with Gasteiger partial charge in [-0.2, -0.15) is 13.2 Å². The first-order valence-electron chi connectivity index (χ1n) is 14.5. The van der Waals surface area contributed by atoms with Crippen LogP contribution in [0.15, 0.2) is 48.5 Å². The molecule has 3 aliphatic rings. The zero-order valence-electron chi connectivity index (χ0n) is 23.7. The van der Waals surface area contributed by atoms with Gasteiger partial charge in [-0.25, -0.2) is 4.79 Å². The molecule has 10 heteroatoms. The minimum atomic E-state index is -4.38. The van der Waals surface area contributed by atoms with Crippen LogP contribution in [0.3, 0.4) is 0 Å². The molecule has 0 spiro atoms. The first-order valence-corrected chi connectivity index (χ1v) is 14.5. The number of carbonyl (C=O) groups is 2. The van der Waals surface area contributed by atoms with Crippen molar-refractivity contribution in [3.63, 3.8) is 0 Å². The van der Waals surface area contributed by atoms with Gasteiger partial charge in [0.15, 0.2) is 0 Å². The number of urea groups is 1. The lowest BCUT2D eigenvalue weighted by molar-refractivity contribution is -0.137. The monoisotopic (exact) mass is 572 g/mol. The molecule has 1 N–H and O–H groups in total. The number of rotatable bonds is 5. The molecular formula is C31H39F3N4O3. The number of aliphatic hydroxyl groups excluding tert-OH is 1. The van der Waals surface area contributed by atoms with Gasteiger partial charge in [0.25, 0.3) is 5.91 Å². The van der Waals surface area contributed by atoms with E-state index in [-0.39, 0.29) is 30.1 Å². The normalized spacial score (nSPS) is 25.4. The molecule has 1 aliphatic carbocycles. The number of aliphatic hydroxyl groups is 1. The highest BCUT2D eigenvalue weighted by atomic mass is 19.4. The van der Waals surface area contributed by atoms with E-state index in [0.29, 0.717) is 36.7 Å². The Labute approximate surface area is 239 Å². The molecule has 0 aromatic heterocycles. The molecule has 0 bridgehead atoms. The van der Waals surface area contributed by atoms with E-state index in [1.807, 2.05) is 16.8 Å². The van der Waals surface area contributed by atoms with Gasteiger partial charge in [-0.3, -0.25) is 9.69 Å². The van der Waals surface area contributed by atoms with Crippen molar-refractivity contribution in [1.82, 2.24) is 19.6 Å². The van der Waals surface area contributed by atoms with E-state index in [2.05, 4.69) is 4.90 Å². The van der Waals surface area contributed by atoms with Gasteiger partial charge in [0.1, 0.15) is 0 Å². The Morgan fingerprint density at radius 3 is 1.95 bits per heavy atom. The van der Waals surface area contributed by atoms with Gasteiger partial charge in [-0.05, 0) is 73.9 Å². The van der Waals surface area contributed by atoms with Crippen LogP contribution in [0, 0.1) is 0 Å². The van der Waals surface area contributed by atoms with Crippen molar-refractivity contribution in [2.45, 2.75) is 68.9 Å². The Morgan fingerprint density at radius 2 is 1.34 bits per heavy atom. The Balaban J connectivity index is 1.13. The maximum atomic E-state index is 13.3. The molecule has 2 saturated heterocycles. The van der Waals surface area contributed by atoms with Crippen LogP contribution in [0.25, 0.3) is 11.1 Å². The van der Waals surface area contributed by atoms with E-state index in [1.54, 1.807) is 36.2 Å². The summed E-state index contributed by atoms with van der Waals surface area (Å²) >= 11 is 0. The fraction of sp³-hybridized carbons (Fsp3) is 0.548. The fourth-order valence-electron chi connectivity index (χ4n) is 6.48. The third kappa shape index (κ3) is 6.54. The van der Waals surface area contributed by atoms with E-state index in [4.69, 9.17) is 0 Å². The lowest BCUT2D eigenvalue weighted by Crippen LogP contribution is -2.48. The van der Waals surface area contributed by atoms with Gasteiger partial charge in [-0.1, -0.05) is 24.3 Å². The molecule has 2 heterocycles. The number of hydrogen-bond donors (Lipinski definition) is 1. The van der Waals surface area contributed by atoms with Crippen molar-refractivity contribution < 1.29 is 27.9 Å². The zero-order chi connectivity index (χ0) is 29.3. The van der Waals surface area contributed by atoms with E-state index in [0.717, 1.165) is 62.9 Å². The van der Waals surface area contributed by atoms with Gasteiger partial charge in [0.2, 0.25) is 0 Å². The predicted molar refractivity (Wildman–Crippen MR) is 150 cm³/mol. The Kier molecular flexibility index (Phi) is 8.61. The lowest BCUT2D eigenvalue weighted by atomic mass is 9.92. The summed E-state index contributed by atoms with van der Waals surface area (Å²) in [6.45, 7) is 2.91. The maximum absolute atomic E-state index is 13.3. The average Bonchev–Trinajstić information content (AvgIpc) is 3.67. The van der Waals surface area contributed by atoms with Crippen molar-refractivity contribution in [2.24, 2.45) is 0 Å². The highest BCUT2D eigenvalue weighted by molar-refractivity contribution is 5.95. The summed E-state index contributed by atoms with van der Waals surface area (Å²) in [4.78, 5) is 34.4. The molecule has 1 unspecified atom stereocenters. The van der Waals surface area contributed by atoms with E-state index >= 15 is 0 Å². The van der Waals surface area contributed by atoms with E-state index < -0.39 is 11.7 Å². The van der Waals surface area contributed by atoms with Crippen LogP contribution >= 0.6 is 0 Å². The molecule has 2 atom stereocenters. The third-order valence-electron chi connectivity index (χ3n) is 9.21. The second-order valence-corrected chi connectivity index (χ2v) is 11.8. The number of likely N-dealkylation sites (N-methyl/N-ethyl adjacent to an activating group) is 2. The molecule has 41 heavy (non-hydrogen) atoms. The topological polar surface area (TPSA) is 67.3 Å². The average molecular weight is 573 g/mol. The molecule has 7 nitrogen and oxygen atoms in total. The van der Waals surface area contributed by atoms with E-state index in [1.165, 1.54) is 12.1 Å². The Hall–Kier alpha value is -3.11. The smallest absolute Gasteiger partial charge is 0.393 e. The lowest BCUT2D eigenvalue weighted by Gasteiger charge is -2.34.